The SMILES string of the molecule is CC(=O)OCC1=C(C(=O)[O-])N2C(=O)C(NC(=O)Cc3cccc(NC(=O)N4CC5C(c6ccc(C)cc6)NN5C4=O)c3)[C@@H]2SC1.[Na+]. The van der Waals surface area contributed by atoms with Crippen LogP contribution in [0.25, 0.3) is 0 Å². The second-order valence-corrected chi connectivity index (χ2v) is 12.2. The van der Waals surface area contributed by atoms with Gasteiger partial charge in [0.15, 0.2) is 0 Å². The molecule has 0 bridgehead atoms. The Morgan fingerprint density at radius 1 is 1.11 bits per heavy atom. The minimum atomic E-state index is -1.57. The van der Waals surface area contributed by atoms with Crippen LogP contribution in [0.3, 0.4) is 0 Å². The van der Waals surface area contributed by atoms with Crippen LogP contribution in [0, 0.1) is 6.92 Å². The van der Waals surface area contributed by atoms with Crippen molar-refractivity contribution < 1.29 is 68.2 Å². The van der Waals surface area contributed by atoms with Gasteiger partial charge in [0.1, 0.15) is 18.0 Å². The number of imide groups is 1. The number of carbonyl (C=O) groups excluding carboxylic acids is 6. The normalized spacial score (nSPS) is 23.0. The number of ether oxygens (including phenoxy) is 1. The van der Waals surface area contributed by atoms with Crippen LogP contribution in [0.1, 0.15) is 29.7 Å². The van der Waals surface area contributed by atoms with Crippen LogP contribution in [0.4, 0.5) is 15.3 Å². The average molecular weight is 657 g/mol. The van der Waals surface area contributed by atoms with Gasteiger partial charge < -0.3 is 25.3 Å². The molecule has 3 fully saturated rings. The summed E-state index contributed by atoms with van der Waals surface area (Å²) in [5.41, 5.74) is 6.09. The van der Waals surface area contributed by atoms with E-state index < -0.39 is 47.2 Å². The molecule has 2 aromatic rings. The van der Waals surface area contributed by atoms with Gasteiger partial charge in [-0.05, 0) is 30.2 Å². The molecule has 2 aromatic carbocycles. The smallest absolute Gasteiger partial charge is 0.543 e. The van der Waals surface area contributed by atoms with Crippen LogP contribution in [0.15, 0.2) is 59.8 Å². The predicted molar refractivity (Wildman–Crippen MR) is 158 cm³/mol. The van der Waals surface area contributed by atoms with E-state index in [4.69, 9.17) is 4.74 Å². The van der Waals surface area contributed by atoms with E-state index in [1.54, 1.807) is 24.3 Å². The number of fused-ring (bicyclic) bond motifs is 2. The zero-order valence-electron chi connectivity index (χ0n) is 25.3. The molecular weight excluding hydrogens is 627 g/mol. The molecule has 3 N–H and O–H groups in total. The van der Waals surface area contributed by atoms with Gasteiger partial charge in [-0.25, -0.2) is 19.9 Å². The number of anilines is 1. The van der Waals surface area contributed by atoms with E-state index in [0.29, 0.717) is 11.3 Å². The minimum Gasteiger partial charge on any atom is -0.543 e. The van der Waals surface area contributed by atoms with Crippen molar-refractivity contribution in [2.75, 3.05) is 24.2 Å². The van der Waals surface area contributed by atoms with Crippen molar-refractivity contribution in [2.45, 2.75) is 43.8 Å². The summed E-state index contributed by atoms with van der Waals surface area (Å²) >= 11 is 1.24. The summed E-state index contributed by atoms with van der Waals surface area (Å²) in [6, 6.07) is 12.3. The fourth-order valence-corrected chi connectivity index (χ4v) is 7.08. The zero-order valence-corrected chi connectivity index (χ0v) is 28.1. The summed E-state index contributed by atoms with van der Waals surface area (Å²) in [5.74, 6) is -3.06. The van der Waals surface area contributed by atoms with E-state index in [0.717, 1.165) is 20.9 Å². The maximum atomic E-state index is 13.0. The number of β-lactam (4-membered cyclic amide) rings is 1. The molecule has 6 rings (SSSR count). The molecule has 14 nitrogen and oxygen atoms in total. The summed E-state index contributed by atoms with van der Waals surface area (Å²) in [4.78, 5) is 76.7. The van der Waals surface area contributed by atoms with Crippen molar-refractivity contribution in [3.05, 3.63) is 76.5 Å². The maximum Gasteiger partial charge on any atom is 1.00 e. The molecule has 0 saturated carbocycles. The number of hydrazine groups is 1. The number of nitrogens with zero attached hydrogens (tertiary/aromatic N) is 3. The van der Waals surface area contributed by atoms with E-state index in [2.05, 4.69) is 16.1 Å². The molecule has 4 atom stereocenters. The Morgan fingerprint density at radius 3 is 2.54 bits per heavy atom. The maximum absolute atomic E-state index is 13.0. The Bertz CT molecular complexity index is 1650. The van der Waals surface area contributed by atoms with Crippen LogP contribution in [-0.4, -0.2) is 87.0 Å². The van der Waals surface area contributed by atoms with E-state index in [1.165, 1.54) is 23.7 Å². The van der Waals surface area contributed by atoms with Gasteiger partial charge in [0.25, 0.3) is 5.91 Å². The predicted octanol–water partition coefficient (Wildman–Crippen LogP) is -2.59. The van der Waals surface area contributed by atoms with Gasteiger partial charge in [0.2, 0.25) is 5.91 Å². The largest absolute Gasteiger partial charge is 1.00 e. The summed E-state index contributed by atoms with van der Waals surface area (Å²) in [6.07, 6.45) is -0.119. The first-order valence-electron chi connectivity index (χ1n) is 14.2. The van der Waals surface area contributed by atoms with E-state index in [1.807, 2.05) is 31.2 Å². The van der Waals surface area contributed by atoms with Gasteiger partial charge in [0, 0.05) is 23.9 Å². The fraction of sp³-hybridized carbons (Fsp3) is 0.333. The number of aliphatic carboxylic acids is 1. The Kier molecular flexibility index (Phi) is 9.79. The van der Waals surface area contributed by atoms with Crippen LogP contribution in [0.2, 0.25) is 0 Å². The quantitative estimate of drug-likeness (QED) is 0.155. The number of carbonyl (C=O) groups is 6. The number of urea groups is 2. The van der Waals surface area contributed by atoms with Gasteiger partial charge >= 0.3 is 47.6 Å². The third kappa shape index (κ3) is 6.37. The van der Waals surface area contributed by atoms with Crippen molar-refractivity contribution in [3.63, 3.8) is 0 Å². The summed E-state index contributed by atoms with van der Waals surface area (Å²) in [6.45, 7) is 3.12. The molecule has 16 heteroatoms. The Labute approximate surface area is 290 Å². The first kappa shape index (κ1) is 33.5. The van der Waals surface area contributed by atoms with E-state index in [-0.39, 0.29) is 78.2 Å². The standard InChI is InChI=1S/C30H30N6O8S.Na/c1-15-6-8-18(9-7-15)23-21-12-34(30(43)36(21)33-23)29(42)31-20-5-3-4-17(10-20)11-22(38)32-24-26(39)35-25(28(40)41)19(13-44-16(2)37)14-45-27(24)35;/h3-10,21,23-24,27,33H,11-14H2,1-2H3,(H,31,42)(H,32,38)(H,40,41);/q;+1/p-1/t21?,23?,24?,27-;/m0./s1. The molecule has 3 unspecified atom stereocenters. The van der Waals surface area contributed by atoms with Crippen LogP contribution in [-0.2, 0) is 30.3 Å². The van der Waals surface area contributed by atoms with Crippen LogP contribution in [0.5, 0.6) is 0 Å². The minimum absolute atomic E-state index is 0. The molecular formula is C30H29N6NaO8S. The summed E-state index contributed by atoms with van der Waals surface area (Å²) < 4.78 is 4.91. The third-order valence-corrected chi connectivity index (χ3v) is 9.37. The first-order valence-corrected chi connectivity index (χ1v) is 15.2. The fourth-order valence-electron chi connectivity index (χ4n) is 5.75. The molecule has 4 heterocycles. The van der Waals surface area contributed by atoms with E-state index >= 15 is 0 Å². The Balaban J connectivity index is 0.00000417. The van der Waals surface area contributed by atoms with Gasteiger partial charge in [0.05, 0.1) is 36.7 Å². The average Bonchev–Trinajstić information content (AvgIpc) is 3.24. The van der Waals surface area contributed by atoms with E-state index in [9.17, 15) is 33.9 Å². The molecule has 3 saturated heterocycles. The van der Waals surface area contributed by atoms with Crippen molar-refractivity contribution in [3.8, 4) is 0 Å². The Hall–Kier alpha value is -3.89. The number of rotatable bonds is 8. The second kappa shape index (κ2) is 13.5. The second-order valence-electron chi connectivity index (χ2n) is 11.1. The number of amides is 6. The molecule has 4 aliphatic rings. The van der Waals surface area contributed by atoms with Gasteiger partial charge in [-0.1, -0.05) is 42.0 Å². The zero-order chi connectivity index (χ0) is 32.0. The third-order valence-electron chi connectivity index (χ3n) is 8.03. The molecule has 0 radical (unpaired) electrons. The molecule has 4 aliphatic heterocycles. The number of carboxylic acids is 1. The number of nitrogens with one attached hydrogen (secondary N) is 3. The number of benzene rings is 2. The molecule has 0 aromatic heterocycles. The van der Waals surface area contributed by atoms with Crippen molar-refractivity contribution in [1.82, 2.24) is 25.6 Å². The number of hydrogen-bond acceptors (Lipinski definition) is 10. The molecule has 6 amide bonds. The van der Waals surface area contributed by atoms with Crippen LogP contribution >= 0.6 is 11.8 Å². The number of thioether (sulfide) groups is 1. The van der Waals surface area contributed by atoms with Gasteiger partial charge in [-0.15, -0.1) is 11.8 Å². The van der Waals surface area contributed by atoms with Crippen molar-refractivity contribution >= 4 is 53.3 Å². The van der Waals surface area contributed by atoms with Crippen molar-refractivity contribution in [1.29, 1.82) is 0 Å². The van der Waals surface area contributed by atoms with Crippen LogP contribution < -0.4 is 50.7 Å². The molecule has 46 heavy (non-hydrogen) atoms. The van der Waals surface area contributed by atoms with Gasteiger partial charge in [-0.3, -0.25) is 24.3 Å². The topological polar surface area (TPSA) is 181 Å². The summed E-state index contributed by atoms with van der Waals surface area (Å²) in [5, 5.41) is 18.0. The number of esters is 1. The molecule has 234 valence electrons. The summed E-state index contributed by atoms with van der Waals surface area (Å²) in [7, 11) is 0. The van der Waals surface area contributed by atoms with Crippen molar-refractivity contribution in [2.24, 2.45) is 0 Å². The molecule has 0 spiro atoms. The first-order chi connectivity index (χ1) is 21.5. The number of carboxylic acid groups (broad SMARTS) is 1. The number of hydrogen-bond donors (Lipinski definition) is 3. The number of aryl methyl sites for hydroxylation is 1. The Morgan fingerprint density at radius 2 is 1.85 bits per heavy atom. The molecule has 0 aliphatic carbocycles. The monoisotopic (exact) mass is 656 g/mol. The van der Waals surface area contributed by atoms with Gasteiger partial charge in [-0.2, -0.15) is 0 Å².